The van der Waals surface area contributed by atoms with Crippen LogP contribution in [0.15, 0.2) is 59.8 Å². The van der Waals surface area contributed by atoms with Crippen LogP contribution >= 0.6 is 0 Å². The summed E-state index contributed by atoms with van der Waals surface area (Å²) in [5.74, 6) is 1.04. The average Bonchev–Trinajstić information content (AvgIpc) is 3.42. The second kappa shape index (κ2) is 7.60. The molecule has 31 heavy (non-hydrogen) atoms. The summed E-state index contributed by atoms with van der Waals surface area (Å²) in [6.45, 7) is 2.37. The number of rotatable bonds is 5. The molecule has 4 aromatic rings. The van der Waals surface area contributed by atoms with E-state index in [2.05, 4.69) is 15.4 Å². The lowest BCUT2D eigenvalue weighted by atomic mass is 10.2. The number of hydrogen-bond donors (Lipinski definition) is 1. The zero-order valence-electron chi connectivity index (χ0n) is 16.7. The Morgan fingerprint density at radius 3 is 2.77 bits per heavy atom. The van der Waals surface area contributed by atoms with Crippen LogP contribution in [-0.2, 0) is 17.9 Å². The molecule has 0 unspecified atom stereocenters. The average molecular weight is 417 g/mol. The largest absolute Gasteiger partial charge is 0.454 e. The van der Waals surface area contributed by atoms with E-state index in [4.69, 9.17) is 9.47 Å². The fourth-order valence-electron chi connectivity index (χ4n) is 3.40. The van der Waals surface area contributed by atoms with Crippen molar-refractivity contribution >= 4 is 16.9 Å². The van der Waals surface area contributed by atoms with Gasteiger partial charge in [0.2, 0.25) is 12.7 Å². The summed E-state index contributed by atoms with van der Waals surface area (Å²) in [4.78, 5) is 29.6. The minimum atomic E-state index is -0.318. The predicted octanol–water partition coefficient (Wildman–Crippen LogP) is 1.94. The summed E-state index contributed by atoms with van der Waals surface area (Å²) in [5, 5.41) is 7.46. The van der Waals surface area contributed by atoms with Gasteiger partial charge in [0, 0.05) is 6.54 Å². The first-order valence-electron chi connectivity index (χ1n) is 9.74. The first-order valence-corrected chi connectivity index (χ1v) is 9.74. The molecule has 9 nitrogen and oxygen atoms in total. The molecule has 0 saturated carbocycles. The minimum absolute atomic E-state index is 0.137. The standard InChI is InChI=1S/C22H19N5O4/c1-14-2-5-16(6-3-14)27-21-17(10-25-27)22(29)26(12-24-21)11-20(28)23-9-15-4-7-18-19(8-15)31-13-30-18/h2-8,10,12H,9,11,13H2,1H3,(H,23,28). The van der Waals surface area contributed by atoms with Crippen LogP contribution in [0.2, 0.25) is 0 Å². The third-order valence-electron chi connectivity index (χ3n) is 5.07. The molecular weight excluding hydrogens is 398 g/mol. The summed E-state index contributed by atoms with van der Waals surface area (Å²) >= 11 is 0. The van der Waals surface area contributed by atoms with E-state index >= 15 is 0 Å². The molecule has 0 fully saturated rings. The van der Waals surface area contributed by atoms with Crippen molar-refractivity contribution in [3.8, 4) is 17.2 Å². The number of amides is 1. The highest BCUT2D eigenvalue weighted by Crippen LogP contribution is 2.32. The number of aromatic nitrogens is 4. The van der Waals surface area contributed by atoms with Gasteiger partial charge >= 0.3 is 0 Å². The van der Waals surface area contributed by atoms with Gasteiger partial charge in [0.1, 0.15) is 18.3 Å². The van der Waals surface area contributed by atoms with E-state index in [-0.39, 0.29) is 24.8 Å². The second-order valence-electron chi connectivity index (χ2n) is 7.27. The Hall–Kier alpha value is -4.14. The first kappa shape index (κ1) is 18.9. The molecule has 2 aromatic carbocycles. The van der Waals surface area contributed by atoms with Gasteiger partial charge in [0.25, 0.3) is 5.56 Å². The Morgan fingerprint density at radius 1 is 1.13 bits per heavy atom. The molecule has 0 saturated heterocycles. The van der Waals surface area contributed by atoms with E-state index in [0.29, 0.717) is 29.1 Å². The third kappa shape index (κ3) is 3.61. The van der Waals surface area contributed by atoms with Crippen LogP contribution in [0.5, 0.6) is 11.5 Å². The number of nitrogens with zero attached hydrogens (tertiary/aromatic N) is 4. The maximum Gasteiger partial charge on any atom is 0.264 e. The van der Waals surface area contributed by atoms with Gasteiger partial charge in [-0.25, -0.2) is 9.67 Å². The first-order chi connectivity index (χ1) is 15.1. The molecule has 3 heterocycles. The Labute approximate surface area is 176 Å². The van der Waals surface area contributed by atoms with Crippen molar-refractivity contribution in [1.29, 1.82) is 0 Å². The van der Waals surface area contributed by atoms with Crippen molar-refractivity contribution in [1.82, 2.24) is 24.6 Å². The summed E-state index contributed by atoms with van der Waals surface area (Å²) in [5.41, 5.74) is 2.94. The van der Waals surface area contributed by atoms with Crippen LogP contribution < -0.4 is 20.3 Å². The third-order valence-corrected chi connectivity index (χ3v) is 5.07. The van der Waals surface area contributed by atoms with Crippen LogP contribution in [0.25, 0.3) is 16.7 Å². The lowest BCUT2D eigenvalue weighted by molar-refractivity contribution is -0.121. The molecule has 0 radical (unpaired) electrons. The van der Waals surface area contributed by atoms with E-state index < -0.39 is 0 Å². The molecule has 0 aliphatic carbocycles. The molecule has 156 valence electrons. The highest BCUT2D eigenvalue weighted by atomic mass is 16.7. The van der Waals surface area contributed by atoms with E-state index in [9.17, 15) is 9.59 Å². The normalized spacial score (nSPS) is 12.3. The van der Waals surface area contributed by atoms with Crippen molar-refractivity contribution < 1.29 is 14.3 Å². The van der Waals surface area contributed by atoms with Crippen molar-refractivity contribution in [3.05, 3.63) is 76.5 Å². The highest BCUT2D eigenvalue weighted by molar-refractivity contribution is 5.77. The maximum atomic E-state index is 12.8. The Bertz CT molecular complexity index is 1340. The summed E-state index contributed by atoms with van der Waals surface area (Å²) < 4.78 is 13.5. The van der Waals surface area contributed by atoms with E-state index in [1.807, 2.05) is 43.3 Å². The zero-order valence-corrected chi connectivity index (χ0v) is 16.7. The SMILES string of the molecule is Cc1ccc(-n2ncc3c(=O)n(CC(=O)NCc4ccc5c(c4)OCO5)cnc32)cc1. The quantitative estimate of drug-likeness (QED) is 0.533. The number of fused-ring (bicyclic) bond motifs is 2. The maximum absolute atomic E-state index is 12.8. The van der Waals surface area contributed by atoms with Crippen molar-refractivity contribution in [2.45, 2.75) is 20.0 Å². The molecule has 1 amide bonds. The number of carbonyl (C=O) groups is 1. The van der Waals surface area contributed by atoms with Gasteiger partial charge in [-0.15, -0.1) is 0 Å². The van der Waals surface area contributed by atoms with E-state index in [1.165, 1.54) is 17.1 Å². The van der Waals surface area contributed by atoms with Crippen LogP contribution in [0.4, 0.5) is 0 Å². The zero-order chi connectivity index (χ0) is 21.4. The fraction of sp³-hybridized carbons (Fsp3) is 0.182. The van der Waals surface area contributed by atoms with E-state index in [1.54, 1.807) is 10.7 Å². The van der Waals surface area contributed by atoms with Gasteiger partial charge in [0.15, 0.2) is 17.1 Å². The van der Waals surface area contributed by atoms with Crippen LogP contribution in [-0.4, -0.2) is 32.0 Å². The molecule has 1 aliphatic heterocycles. The van der Waals surface area contributed by atoms with Gasteiger partial charge < -0.3 is 14.8 Å². The van der Waals surface area contributed by atoms with Gasteiger partial charge in [-0.05, 0) is 36.8 Å². The molecule has 0 atom stereocenters. The number of benzene rings is 2. The lowest BCUT2D eigenvalue weighted by Crippen LogP contribution is -2.32. The van der Waals surface area contributed by atoms with Gasteiger partial charge in [-0.2, -0.15) is 5.10 Å². The molecule has 9 heteroatoms. The second-order valence-corrected chi connectivity index (χ2v) is 7.27. The van der Waals surface area contributed by atoms with Crippen molar-refractivity contribution in [3.63, 3.8) is 0 Å². The Morgan fingerprint density at radius 2 is 1.94 bits per heavy atom. The number of nitrogens with one attached hydrogen (secondary N) is 1. The smallest absolute Gasteiger partial charge is 0.264 e. The predicted molar refractivity (Wildman–Crippen MR) is 112 cm³/mol. The minimum Gasteiger partial charge on any atom is -0.454 e. The van der Waals surface area contributed by atoms with Crippen LogP contribution in [0.3, 0.4) is 0 Å². The van der Waals surface area contributed by atoms with Crippen molar-refractivity contribution in [2.24, 2.45) is 0 Å². The number of aryl methyl sites for hydroxylation is 1. The number of hydrogen-bond acceptors (Lipinski definition) is 6. The monoisotopic (exact) mass is 417 g/mol. The summed E-state index contributed by atoms with van der Waals surface area (Å²) in [6.07, 6.45) is 2.85. The van der Waals surface area contributed by atoms with Gasteiger partial charge in [0.05, 0.1) is 11.9 Å². The molecule has 1 N–H and O–H groups in total. The summed E-state index contributed by atoms with van der Waals surface area (Å²) in [7, 11) is 0. The fourth-order valence-corrected chi connectivity index (χ4v) is 3.40. The van der Waals surface area contributed by atoms with Crippen LogP contribution in [0, 0.1) is 6.92 Å². The van der Waals surface area contributed by atoms with Gasteiger partial charge in [-0.3, -0.25) is 14.2 Å². The highest BCUT2D eigenvalue weighted by Gasteiger charge is 2.15. The Kier molecular flexibility index (Phi) is 4.62. The molecular formula is C22H19N5O4. The number of ether oxygens (including phenoxy) is 2. The molecule has 2 aromatic heterocycles. The molecule has 0 spiro atoms. The van der Waals surface area contributed by atoms with Crippen molar-refractivity contribution in [2.75, 3.05) is 6.79 Å². The lowest BCUT2D eigenvalue weighted by Gasteiger charge is -2.08. The number of carbonyl (C=O) groups excluding carboxylic acids is 1. The molecule has 5 rings (SSSR count). The van der Waals surface area contributed by atoms with Gasteiger partial charge in [-0.1, -0.05) is 23.8 Å². The van der Waals surface area contributed by atoms with Crippen LogP contribution in [0.1, 0.15) is 11.1 Å². The summed E-state index contributed by atoms with van der Waals surface area (Å²) in [6, 6.07) is 13.2. The molecule has 0 bridgehead atoms. The van der Waals surface area contributed by atoms with E-state index in [0.717, 1.165) is 16.8 Å². The topological polar surface area (TPSA) is 100 Å². The Balaban J connectivity index is 1.31. The molecule has 1 aliphatic rings.